The molecule has 138 valence electrons. The topological polar surface area (TPSA) is 77.5 Å². The summed E-state index contributed by atoms with van der Waals surface area (Å²) in [6.07, 6.45) is 0. The van der Waals surface area contributed by atoms with Crippen LogP contribution in [0, 0.1) is 0 Å². The largest absolute Gasteiger partial charge is 0.494 e. The van der Waals surface area contributed by atoms with Gasteiger partial charge in [0.2, 0.25) is 0 Å². The quantitative estimate of drug-likeness (QED) is 0.645. The van der Waals surface area contributed by atoms with Crippen LogP contribution in [0.3, 0.4) is 0 Å². The molecule has 0 radical (unpaired) electrons. The van der Waals surface area contributed by atoms with E-state index in [1.807, 2.05) is 36.6 Å². The number of nitrogens with zero attached hydrogens (tertiary/aromatic N) is 1. The van der Waals surface area contributed by atoms with E-state index in [0.29, 0.717) is 22.9 Å². The van der Waals surface area contributed by atoms with Gasteiger partial charge in [0, 0.05) is 16.5 Å². The lowest BCUT2D eigenvalue weighted by Gasteiger charge is -2.04. The number of carbonyl (C=O) groups excluding carboxylic acids is 2. The zero-order chi connectivity index (χ0) is 19.2. The second-order valence-corrected chi connectivity index (χ2v) is 6.38. The van der Waals surface area contributed by atoms with E-state index in [4.69, 9.17) is 4.74 Å². The van der Waals surface area contributed by atoms with Gasteiger partial charge in [-0.2, -0.15) is 0 Å². The summed E-state index contributed by atoms with van der Waals surface area (Å²) in [6.45, 7) is 2.55. The van der Waals surface area contributed by atoms with Crippen molar-refractivity contribution >= 4 is 28.3 Å². The molecule has 6 nitrogen and oxygen atoms in total. The van der Waals surface area contributed by atoms with Gasteiger partial charge < -0.3 is 9.47 Å². The summed E-state index contributed by atoms with van der Waals surface area (Å²) in [5.74, 6) is 0.0706. The molecule has 0 aliphatic rings. The summed E-state index contributed by atoms with van der Waals surface area (Å²) in [4.78, 5) is 28.2. The molecule has 2 aromatic carbocycles. The third-order valence-electron chi connectivity index (χ3n) is 3.75. The van der Waals surface area contributed by atoms with Crippen LogP contribution >= 0.6 is 11.3 Å². The van der Waals surface area contributed by atoms with E-state index in [-0.39, 0.29) is 5.91 Å². The van der Waals surface area contributed by atoms with Gasteiger partial charge >= 0.3 is 5.97 Å². The molecule has 3 rings (SSSR count). The minimum atomic E-state index is -0.443. The Balaban J connectivity index is 1.68. The van der Waals surface area contributed by atoms with Gasteiger partial charge in [0.05, 0.1) is 25.0 Å². The second kappa shape index (κ2) is 8.46. The third kappa shape index (κ3) is 4.51. The van der Waals surface area contributed by atoms with Gasteiger partial charge in [-0.1, -0.05) is 0 Å². The van der Waals surface area contributed by atoms with Crippen molar-refractivity contribution in [3.05, 3.63) is 65.0 Å². The van der Waals surface area contributed by atoms with Crippen LogP contribution in [0.4, 0.5) is 5.13 Å². The van der Waals surface area contributed by atoms with Gasteiger partial charge in [-0.05, 0) is 55.5 Å². The molecule has 0 saturated heterocycles. The van der Waals surface area contributed by atoms with Crippen LogP contribution < -0.4 is 10.1 Å². The van der Waals surface area contributed by atoms with E-state index in [1.165, 1.54) is 18.4 Å². The molecule has 1 amide bonds. The fourth-order valence-corrected chi connectivity index (χ4v) is 3.11. The number of nitrogens with one attached hydrogen (secondary N) is 1. The summed E-state index contributed by atoms with van der Waals surface area (Å²) in [6, 6.07) is 13.9. The highest BCUT2D eigenvalue weighted by molar-refractivity contribution is 7.14. The molecule has 1 N–H and O–H groups in total. The van der Waals surface area contributed by atoms with Crippen molar-refractivity contribution in [3.63, 3.8) is 0 Å². The maximum Gasteiger partial charge on any atom is 0.337 e. The molecule has 7 heteroatoms. The van der Waals surface area contributed by atoms with E-state index in [2.05, 4.69) is 15.0 Å². The molecule has 27 heavy (non-hydrogen) atoms. The summed E-state index contributed by atoms with van der Waals surface area (Å²) >= 11 is 1.35. The Morgan fingerprint density at radius 3 is 2.33 bits per heavy atom. The SMILES string of the molecule is CCOc1ccc(-c2csc(NC(=O)c3ccc(C(=O)OC)cc3)n2)cc1. The average Bonchev–Trinajstić information content (AvgIpc) is 3.16. The third-order valence-corrected chi connectivity index (χ3v) is 4.51. The number of thiazole rings is 1. The fourth-order valence-electron chi connectivity index (χ4n) is 2.40. The first-order chi connectivity index (χ1) is 13.1. The molecule has 0 aliphatic heterocycles. The molecule has 0 aliphatic carbocycles. The highest BCUT2D eigenvalue weighted by Gasteiger charge is 2.12. The highest BCUT2D eigenvalue weighted by atomic mass is 32.1. The minimum absolute atomic E-state index is 0.293. The monoisotopic (exact) mass is 382 g/mol. The molecular formula is C20H18N2O4S. The number of hydrogen-bond acceptors (Lipinski definition) is 6. The van der Waals surface area contributed by atoms with Gasteiger partial charge in [-0.25, -0.2) is 9.78 Å². The van der Waals surface area contributed by atoms with Crippen molar-refractivity contribution in [1.82, 2.24) is 4.98 Å². The number of carbonyl (C=O) groups is 2. The molecule has 1 aromatic heterocycles. The molecule has 3 aromatic rings. The Hall–Kier alpha value is -3.19. The number of methoxy groups -OCH3 is 1. The van der Waals surface area contributed by atoms with Crippen molar-refractivity contribution in [2.75, 3.05) is 19.0 Å². The Morgan fingerprint density at radius 1 is 1.04 bits per heavy atom. The highest BCUT2D eigenvalue weighted by Crippen LogP contribution is 2.26. The standard InChI is InChI=1S/C20H18N2O4S/c1-3-26-16-10-8-13(9-11-16)17-12-27-20(21-17)22-18(23)14-4-6-15(7-5-14)19(24)25-2/h4-12H,3H2,1-2H3,(H,21,22,23). The molecule has 0 saturated carbocycles. The maximum atomic E-state index is 12.3. The van der Waals surface area contributed by atoms with Crippen LogP contribution in [0.5, 0.6) is 5.75 Å². The van der Waals surface area contributed by atoms with Crippen molar-refractivity contribution < 1.29 is 19.1 Å². The van der Waals surface area contributed by atoms with E-state index in [9.17, 15) is 9.59 Å². The van der Waals surface area contributed by atoms with Crippen molar-refractivity contribution in [1.29, 1.82) is 0 Å². The lowest BCUT2D eigenvalue weighted by Crippen LogP contribution is -2.12. The zero-order valence-electron chi connectivity index (χ0n) is 14.9. The van der Waals surface area contributed by atoms with E-state index < -0.39 is 5.97 Å². The number of amides is 1. The number of rotatable bonds is 6. The van der Waals surface area contributed by atoms with Crippen molar-refractivity contribution in [2.45, 2.75) is 6.92 Å². The van der Waals surface area contributed by atoms with Crippen LogP contribution in [0.1, 0.15) is 27.6 Å². The predicted molar refractivity (Wildman–Crippen MR) is 104 cm³/mol. The Bertz CT molecular complexity index is 933. The van der Waals surface area contributed by atoms with Crippen LogP contribution in [0.15, 0.2) is 53.9 Å². The smallest absolute Gasteiger partial charge is 0.337 e. The number of ether oxygens (including phenoxy) is 2. The first-order valence-electron chi connectivity index (χ1n) is 8.29. The number of anilines is 1. The Labute approximate surface area is 160 Å². The van der Waals surface area contributed by atoms with Crippen molar-refractivity contribution in [3.8, 4) is 17.0 Å². The van der Waals surface area contributed by atoms with Gasteiger partial charge in [0.25, 0.3) is 5.91 Å². The maximum absolute atomic E-state index is 12.3. The zero-order valence-corrected chi connectivity index (χ0v) is 15.7. The normalized spacial score (nSPS) is 10.3. The number of hydrogen-bond donors (Lipinski definition) is 1. The van der Waals surface area contributed by atoms with E-state index in [1.54, 1.807) is 24.3 Å². The lowest BCUT2D eigenvalue weighted by atomic mass is 10.1. The number of benzene rings is 2. The van der Waals surface area contributed by atoms with Gasteiger partial charge in [-0.15, -0.1) is 11.3 Å². The van der Waals surface area contributed by atoms with Crippen molar-refractivity contribution in [2.24, 2.45) is 0 Å². The molecule has 0 atom stereocenters. The molecule has 0 bridgehead atoms. The molecule has 0 unspecified atom stereocenters. The van der Waals surface area contributed by atoms with Gasteiger partial charge in [0.1, 0.15) is 5.75 Å². The van der Waals surface area contributed by atoms with E-state index in [0.717, 1.165) is 17.0 Å². The molecule has 1 heterocycles. The minimum Gasteiger partial charge on any atom is -0.494 e. The predicted octanol–water partition coefficient (Wildman–Crippen LogP) is 4.25. The summed E-state index contributed by atoms with van der Waals surface area (Å²) in [5, 5.41) is 5.15. The molecule has 0 fully saturated rings. The second-order valence-electron chi connectivity index (χ2n) is 5.52. The van der Waals surface area contributed by atoms with Crippen LogP contribution in [-0.4, -0.2) is 30.6 Å². The lowest BCUT2D eigenvalue weighted by molar-refractivity contribution is 0.0600. The first kappa shape index (κ1) is 18.6. The van der Waals surface area contributed by atoms with Gasteiger partial charge in [0.15, 0.2) is 5.13 Å². The Morgan fingerprint density at radius 2 is 1.70 bits per heavy atom. The fraction of sp³-hybridized carbons (Fsp3) is 0.150. The molecular weight excluding hydrogens is 364 g/mol. The van der Waals surface area contributed by atoms with Crippen LogP contribution in [-0.2, 0) is 4.74 Å². The van der Waals surface area contributed by atoms with E-state index >= 15 is 0 Å². The number of esters is 1. The summed E-state index contributed by atoms with van der Waals surface area (Å²) in [5.41, 5.74) is 2.54. The summed E-state index contributed by atoms with van der Waals surface area (Å²) < 4.78 is 10.1. The Kier molecular flexibility index (Phi) is 5.83. The number of aromatic nitrogens is 1. The van der Waals surface area contributed by atoms with Gasteiger partial charge in [-0.3, -0.25) is 10.1 Å². The van der Waals surface area contributed by atoms with Crippen LogP contribution in [0.2, 0.25) is 0 Å². The van der Waals surface area contributed by atoms with Crippen LogP contribution in [0.25, 0.3) is 11.3 Å². The molecule has 0 spiro atoms. The summed E-state index contributed by atoms with van der Waals surface area (Å²) in [7, 11) is 1.31. The first-order valence-corrected chi connectivity index (χ1v) is 9.17. The average molecular weight is 382 g/mol.